The molecule has 1 aromatic rings. The summed E-state index contributed by atoms with van der Waals surface area (Å²) in [4.78, 5) is 36.6. The molecule has 0 aromatic heterocycles. The predicted octanol–water partition coefficient (Wildman–Crippen LogP) is 0.983. The molecule has 1 aliphatic rings. The second-order valence-electron chi connectivity index (χ2n) is 5.72. The number of hydrogen-bond acceptors (Lipinski definition) is 6. The van der Waals surface area contributed by atoms with E-state index >= 15 is 0 Å². The smallest absolute Gasteiger partial charge is 0.304 e. The van der Waals surface area contributed by atoms with Crippen LogP contribution in [0.3, 0.4) is 0 Å². The molecule has 9 nitrogen and oxygen atoms in total. The molecule has 0 saturated carbocycles. The number of nitro groups is 1. The van der Waals surface area contributed by atoms with Gasteiger partial charge in [0.05, 0.1) is 24.4 Å². The van der Waals surface area contributed by atoms with Crippen molar-refractivity contribution in [3.8, 4) is 5.75 Å². The average molecular weight is 351 g/mol. The number of non-ortho nitro benzene ring substituents is 1. The van der Waals surface area contributed by atoms with Gasteiger partial charge in [-0.25, -0.2) is 0 Å². The number of carbonyl (C=O) groups is 2. The Morgan fingerprint density at radius 3 is 2.32 bits per heavy atom. The Labute approximate surface area is 144 Å². The van der Waals surface area contributed by atoms with Gasteiger partial charge in [-0.15, -0.1) is 0 Å². The van der Waals surface area contributed by atoms with E-state index in [1.807, 2.05) is 4.90 Å². The number of nitrogens with zero attached hydrogens (tertiary/aromatic N) is 3. The van der Waals surface area contributed by atoms with Gasteiger partial charge < -0.3 is 14.7 Å². The lowest BCUT2D eigenvalue weighted by Crippen LogP contribution is -2.49. The first-order valence-electron chi connectivity index (χ1n) is 8.05. The summed E-state index contributed by atoms with van der Waals surface area (Å²) < 4.78 is 5.44. The van der Waals surface area contributed by atoms with Crippen LogP contribution in [0.2, 0.25) is 0 Å². The van der Waals surface area contributed by atoms with Gasteiger partial charge in [-0.1, -0.05) is 0 Å². The van der Waals surface area contributed by atoms with Crippen LogP contribution in [-0.4, -0.2) is 71.0 Å². The summed E-state index contributed by atoms with van der Waals surface area (Å²) in [7, 11) is 0. The molecule has 0 aliphatic carbocycles. The Kier molecular flexibility index (Phi) is 6.70. The maximum atomic E-state index is 12.1. The third-order valence-corrected chi connectivity index (χ3v) is 4.00. The van der Waals surface area contributed by atoms with Crippen LogP contribution >= 0.6 is 0 Å². The van der Waals surface area contributed by atoms with E-state index < -0.39 is 10.9 Å². The normalized spacial score (nSPS) is 15.0. The molecule has 9 heteroatoms. The van der Waals surface area contributed by atoms with Crippen LogP contribution in [-0.2, 0) is 9.59 Å². The van der Waals surface area contributed by atoms with Crippen molar-refractivity contribution in [2.75, 3.05) is 39.3 Å². The maximum absolute atomic E-state index is 12.1. The number of carbonyl (C=O) groups excluding carboxylic acids is 1. The van der Waals surface area contributed by atoms with Gasteiger partial charge in [0.25, 0.3) is 5.69 Å². The molecule has 1 amide bonds. The summed E-state index contributed by atoms with van der Waals surface area (Å²) in [6, 6.07) is 5.72. The van der Waals surface area contributed by atoms with Crippen molar-refractivity contribution in [2.45, 2.75) is 12.8 Å². The minimum Gasteiger partial charge on any atom is -0.493 e. The first-order valence-corrected chi connectivity index (χ1v) is 8.05. The molecule has 25 heavy (non-hydrogen) atoms. The van der Waals surface area contributed by atoms with Gasteiger partial charge in [0.2, 0.25) is 5.91 Å². The number of hydrogen-bond donors (Lipinski definition) is 1. The van der Waals surface area contributed by atoms with Crippen LogP contribution in [0.4, 0.5) is 5.69 Å². The SMILES string of the molecule is O=C(O)CCN1CCN(C(=O)CCOc2ccc([N+](=O)[O-])cc2)CC1. The molecule has 0 atom stereocenters. The van der Waals surface area contributed by atoms with Crippen molar-refractivity contribution in [3.05, 3.63) is 34.4 Å². The number of nitro benzene ring substituents is 1. The Bertz CT molecular complexity index is 611. The second-order valence-corrected chi connectivity index (χ2v) is 5.72. The van der Waals surface area contributed by atoms with E-state index in [9.17, 15) is 19.7 Å². The van der Waals surface area contributed by atoms with E-state index in [1.165, 1.54) is 24.3 Å². The van der Waals surface area contributed by atoms with Crippen molar-refractivity contribution in [1.29, 1.82) is 0 Å². The number of rotatable bonds is 8. The molecule has 0 radical (unpaired) electrons. The van der Waals surface area contributed by atoms with Crippen LogP contribution in [0, 0.1) is 10.1 Å². The number of carboxylic acids is 1. The van der Waals surface area contributed by atoms with Crippen LogP contribution in [0.25, 0.3) is 0 Å². The highest BCUT2D eigenvalue weighted by Crippen LogP contribution is 2.17. The lowest BCUT2D eigenvalue weighted by molar-refractivity contribution is -0.384. The van der Waals surface area contributed by atoms with Gasteiger partial charge in [0.15, 0.2) is 0 Å². The fraction of sp³-hybridized carbons (Fsp3) is 0.500. The second kappa shape index (κ2) is 8.97. The van der Waals surface area contributed by atoms with Crippen LogP contribution < -0.4 is 4.74 Å². The molecule has 1 aliphatic heterocycles. The van der Waals surface area contributed by atoms with Gasteiger partial charge in [-0.2, -0.15) is 0 Å². The lowest BCUT2D eigenvalue weighted by Gasteiger charge is -2.34. The standard InChI is InChI=1S/C16H21N3O6/c20-15(18-10-8-17(9-11-18)7-5-16(21)22)6-12-25-14-3-1-13(2-4-14)19(23)24/h1-4H,5-12H2,(H,21,22). The molecule has 0 bridgehead atoms. The third kappa shape index (κ3) is 6.03. The van der Waals surface area contributed by atoms with Gasteiger partial charge in [-0.05, 0) is 12.1 Å². The minimum absolute atomic E-state index is 0.0100. The first kappa shape index (κ1) is 18.7. The fourth-order valence-corrected chi connectivity index (χ4v) is 2.55. The highest BCUT2D eigenvalue weighted by atomic mass is 16.6. The van der Waals surface area contributed by atoms with E-state index in [-0.39, 0.29) is 31.0 Å². The summed E-state index contributed by atoms with van der Waals surface area (Å²) >= 11 is 0. The Morgan fingerprint density at radius 1 is 1.12 bits per heavy atom. The molecule has 0 spiro atoms. The summed E-state index contributed by atoms with van der Waals surface area (Å²) in [6.07, 6.45) is 0.336. The molecule has 1 aromatic carbocycles. The number of amides is 1. The minimum atomic E-state index is -0.818. The van der Waals surface area contributed by atoms with E-state index in [0.717, 1.165) is 0 Å². The zero-order chi connectivity index (χ0) is 18.2. The number of ether oxygens (including phenoxy) is 1. The molecular formula is C16H21N3O6. The van der Waals surface area contributed by atoms with Crippen molar-refractivity contribution in [1.82, 2.24) is 9.80 Å². The molecular weight excluding hydrogens is 330 g/mol. The Balaban J connectivity index is 1.67. The molecule has 1 fully saturated rings. The average Bonchev–Trinajstić information content (AvgIpc) is 2.60. The topological polar surface area (TPSA) is 113 Å². The van der Waals surface area contributed by atoms with E-state index in [0.29, 0.717) is 38.5 Å². The summed E-state index contributed by atoms with van der Waals surface area (Å²) in [5.74, 6) is -0.349. The Hall–Kier alpha value is -2.68. The molecule has 1 N–H and O–H groups in total. The van der Waals surface area contributed by atoms with Gasteiger partial charge in [0, 0.05) is 44.9 Å². The maximum Gasteiger partial charge on any atom is 0.304 e. The summed E-state index contributed by atoms with van der Waals surface area (Å²) in [6.45, 7) is 3.20. The van der Waals surface area contributed by atoms with Crippen molar-refractivity contribution in [2.24, 2.45) is 0 Å². The zero-order valence-electron chi connectivity index (χ0n) is 13.8. The van der Waals surface area contributed by atoms with E-state index in [4.69, 9.17) is 9.84 Å². The highest BCUT2D eigenvalue weighted by molar-refractivity contribution is 5.76. The largest absolute Gasteiger partial charge is 0.493 e. The van der Waals surface area contributed by atoms with Gasteiger partial charge in [0.1, 0.15) is 5.75 Å². The van der Waals surface area contributed by atoms with Gasteiger partial charge in [-0.3, -0.25) is 24.6 Å². The fourth-order valence-electron chi connectivity index (χ4n) is 2.55. The summed E-state index contributed by atoms with van der Waals surface area (Å²) in [5.41, 5.74) is -0.0100. The molecule has 136 valence electrons. The van der Waals surface area contributed by atoms with Crippen molar-refractivity contribution >= 4 is 17.6 Å². The highest BCUT2D eigenvalue weighted by Gasteiger charge is 2.21. The van der Waals surface area contributed by atoms with Crippen LogP contribution in [0.1, 0.15) is 12.8 Å². The van der Waals surface area contributed by atoms with E-state index in [2.05, 4.69) is 0 Å². The van der Waals surface area contributed by atoms with Crippen molar-refractivity contribution in [3.63, 3.8) is 0 Å². The first-order chi connectivity index (χ1) is 12.0. The lowest BCUT2D eigenvalue weighted by atomic mass is 10.2. The summed E-state index contributed by atoms with van der Waals surface area (Å²) in [5, 5.41) is 19.2. The van der Waals surface area contributed by atoms with E-state index in [1.54, 1.807) is 4.90 Å². The number of benzene rings is 1. The predicted molar refractivity (Wildman–Crippen MR) is 88.5 cm³/mol. The molecule has 2 rings (SSSR count). The van der Waals surface area contributed by atoms with Gasteiger partial charge >= 0.3 is 5.97 Å². The number of carboxylic acid groups (broad SMARTS) is 1. The van der Waals surface area contributed by atoms with Crippen molar-refractivity contribution < 1.29 is 24.4 Å². The Morgan fingerprint density at radius 2 is 1.76 bits per heavy atom. The van der Waals surface area contributed by atoms with Crippen LogP contribution in [0.15, 0.2) is 24.3 Å². The molecule has 0 unspecified atom stereocenters. The zero-order valence-corrected chi connectivity index (χ0v) is 13.8. The molecule has 1 saturated heterocycles. The number of piperazine rings is 1. The molecule has 1 heterocycles. The number of aliphatic carboxylic acids is 1. The van der Waals surface area contributed by atoms with Crippen LogP contribution in [0.5, 0.6) is 5.75 Å². The monoisotopic (exact) mass is 351 g/mol. The third-order valence-electron chi connectivity index (χ3n) is 4.00. The quantitative estimate of drug-likeness (QED) is 0.548.